The van der Waals surface area contributed by atoms with Crippen LogP contribution < -0.4 is 10.2 Å². The largest absolute Gasteiger partial charge is 0.365 e. The van der Waals surface area contributed by atoms with Crippen molar-refractivity contribution >= 4 is 23.5 Å². The van der Waals surface area contributed by atoms with Crippen LogP contribution in [0, 0.1) is 18.8 Å². The smallest absolute Gasteiger partial charge is 0.324 e. The lowest BCUT2D eigenvalue weighted by Gasteiger charge is -2.45. The average Bonchev–Trinajstić information content (AvgIpc) is 2.80. The highest BCUT2D eigenvalue weighted by molar-refractivity contribution is 5.99. The molecular weight excluding hydrogens is 416 g/mol. The van der Waals surface area contributed by atoms with Gasteiger partial charge in [-0.25, -0.2) is 4.79 Å². The number of fused-ring (bicyclic) bond motifs is 1. The van der Waals surface area contributed by atoms with Gasteiger partial charge in [0.2, 0.25) is 11.8 Å². The molecule has 0 bridgehead atoms. The normalized spacial score (nSPS) is 27.9. The van der Waals surface area contributed by atoms with E-state index in [0.29, 0.717) is 32.5 Å². The van der Waals surface area contributed by atoms with Gasteiger partial charge in [-0.1, -0.05) is 31.9 Å². The molecule has 2 aliphatic heterocycles. The van der Waals surface area contributed by atoms with Crippen molar-refractivity contribution < 1.29 is 14.4 Å². The molecular formula is C26H38N4O3. The molecule has 1 aromatic rings. The summed E-state index contributed by atoms with van der Waals surface area (Å²) in [6.45, 7) is 9.10. The number of hydrogen-bond acceptors (Lipinski definition) is 4. The SMILES string of the molecule is CCCCCN1C(=O)NC2CC(C(=O)N3CCN(c4cccc(C)c4)C(C)C3)CCC2C1=O. The number of rotatable bonds is 6. The second kappa shape index (κ2) is 10.1. The van der Waals surface area contributed by atoms with E-state index in [1.54, 1.807) is 0 Å². The monoisotopic (exact) mass is 454 g/mol. The van der Waals surface area contributed by atoms with Crippen LogP contribution in [0.5, 0.6) is 0 Å². The van der Waals surface area contributed by atoms with Crippen molar-refractivity contribution in [2.45, 2.75) is 71.4 Å². The van der Waals surface area contributed by atoms with E-state index in [2.05, 4.69) is 55.3 Å². The number of carbonyl (C=O) groups excluding carboxylic acids is 3. The Morgan fingerprint density at radius 2 is 1.97 bits per heavy atom. The highest BCUT2D eigenvalue weighted by atomic mass is 16.2. The van der Waals surface area contributed by atoms with Crippen LogP contribution in [-0.4, -0.2) is 65.9 Å². The van der Waals surface area contributed by atoms with E-state index in [4.69, 9.17) is 0 Å². The highest BCUT2D eigenvalue weighted by Gasteiger charge is 2.46. The first-order valence-electron chi connectivity index (χ1n) is 12.6. The minimum Gasteiger partial charge on any atom is -0.365 e. The van der Waals surface area contributed by atoms with Gasteiger partial charge in [0.25, 0.3) is 0 Å². The van der Waals surface area contributed by atoms with Crippen LogP contribution in [0.4, 0.5) is 10.5 Å². The fourth-order valence-corrected chi connectivity index (χ4v) is 5.72. The Morgan fingerprint density at radius 1 is 1.15 bits per heavy atom. The molecule has 2 saturated heterocycles. The third-order valence-electron chi connectivity index (χ3n) is 7.59. The Kier molecular flexibility index (Phi) is 7.25. The minimum atomic E-state index is -0.286. The molecule has 0 aromatic heterocycles. The quantitative estimate of drug-likeness (QED) is 0.667. The molecule has 0 spiro atoms. The van der Waals surface area contributed by atoms with Gasteiger partial charge >= 0.3 is 6.03 Å². The fourth-order valence-electron chi connectivity index (χ4n) is 5.72. The second-order valence-electron chi connectivity index (χ2n) is 10.0. The number of unbranched alkanes of at least 4 members (excludes halogenated alkanes) is 2. The van der Waals surface area contributed by atoms with Crippen molar-refractivity contribution in [3.63, 3.8) is 0 Å². The molecule has 1 aromatic carbocycles. The topological polar surface area (TPSA) is 73.0 Å². The predicted octanol–water partition coefficient (Wildman–Crippen LogP) is 3.56. The molecule has 7 nitrogen and oxygen atoms in total. The maximum Gasteiger partial charge on any atom is 0.324 e. The third kappa shape index (κ3) is 5.02. The number of amides is 4. The number of aryl methyl sites for hydroxylation is 1. The number of nitrogens with zero attached hydrogens (tertiary/aromatic N) is 3. The van der Waals surface area contributed by atoms with Crippen molar-refractivity contribution in [3.05, 3.63) is 29.8 Å². The van der Waals surface area contributed by atoms with E-state index in [1.165, 1.54) is 16.2 Å². The zero-order chi connectivity index (χ0) is 23.5. The first-order valence-corrected chi connectivity index (χ1v) is 12.6. The first kappa shape index (κ1) is 23.6. The molecule has 1 N–H and O–H groups in total. The summed E-state index contributed by atoms with van der Waals surface area (Å²) in [5.41, 5.74) is 2.45. The van der Waals surface area contributed by atoms with Gasteiger partial charge in [0.15, 0.2) is 0 Å². The van der Waals surface area contributed by atoms with Crippen LogP contribution >= 0.6 is 0 Å². The van der Waals surface area contributed by atoms with Crippen LogP contribution in [0.2, 0.25) is 0 Å². The van der Waals surface area contributed by atoms with Gasteiger partial charge in [0.1, 0.15) is 0 Å². The number of piperazine rings is 1. The summed E-state index contributed by atoms with van der Waals surface area (Å²) >= 11 is 0. The molecule has 180 valence electrons. The highest BCUT2D eigenvalue weighted by Crippen LogP contribution is 2.34. The predicted molar refractivity (Wildman–Crippen MR) is 129 cm³/mol. The van der Waals surface area contributed by atoms with Gasteiger partial charge in [-0.3, -0.25) is 14.5 Å². The maximum atomic E-state index is 13.4. The van der Waals surface area contributed by atoms with Crippen LogP contribution in [0.3, 0.4) is 0 Å². The lowest BCUT2D eigenvalue weighted by atomic mass is 9.76. The van der Waals surface area contributed by atoms with E-state index in [0.717, 1.165) is 32.2 Å². The van der Waals surface area contributed by atoms with E-state index in [-0.39, 0.29) is 41.8 Å². The van der Waals surface area contributed by atoms with Crippen molar-refractivity contribution in [1.82, 2.24) is 15.1 Å². The van der Waals surface area contributed by atoms with Crippen LogP contribution in [-0.2, 0) is 9.59 Å². The summed E-state index contributed by atoms with van der Waals surface area (Å²) in [5, 5.41) is 3.04. The lowest BCUT2D eigenvalue weighted by Crippen LogP contribution is -2.62. The molecule has 3 fully saturated rings. The Hall–Kier alpha value is -2.57. The standard InChI is InChI=1S/C26H38N4O3/c1-4-5-6-12-30-25(32)22-11-10-20(16-23(22)27-26(30)33)24(31)28-13-14-29(19(3)17-28)21-9-7-8-18(2)15-21/h7-9,15,19-20,22-23H,4-6,10-14,16-17H2,1-3H3,(H,27,33). The zero-order valence-electron chi connectivity index (χ0n) is 20.3. The van der Waals surface area contributed by atoms with Crippen LogP contribution in [0.15, 0.2) is 24.3 Å². The Morgan fingerprint density at radius 3 is 2.70 bits per heavy atom. The molecule has 7 heteroatoms. The number of benzene rings is 1. The molecule has 4 rings (SSSR count). The molecule has 1 aliphatic carbocycles. The molecule has 33 heavy (non-hydrogen) atoms. The van der Waals surface area contributed by atoms with E-state index in [1.807, 2.05) is 4.90 Å². The number of nitrogens with one attached hydrogen (secondary N) is 1. The fraction of sp³-hybridized carbons (Fsp3) is 0.654. The molecule has 1 saturated carbocycles. The zero-order valence-corrected chi connectivity index (χ0v) is 20.3. The van der Waals surface area contributed by atoms with Crippen molar-refractivity contribution in [2.24, 2.45) is 11.8 Å². The lowest BCUT2D eigenvalue weighted by molar-refractivity contribution is -0.143. The van der Waals surface area contributed by atoms with Crippen molar-refractivity contribution in [2.75, 3.05) is 31.1 Å². The molecule has 4 unspecified atom stereocenters. The summed E-state index contributed by atoms with van der Waals surface area (Å²) in [7, 11) is 0. The molecule has 2 heterocycles. The van der Waals surface area contributed by atoms with Crippen LogP contribution in [0.1, 0.15) is 57.9 Å². The number of urea groups is 1. The summed E-state index contributed by atoms with van der Waals surface area (Å²) in [4.78, 5) is 44.6. The Balaban J connectivity index is 1.34. The van der Waals surface area contributed by atoms with E-state index < -0.39 is 0 Å². The maximum absolute atomic E-state index is 13.4. The summed E-state index contributed by atoms with van der Waals surface area (Å²) in [6, 6.07) is 8.25. The number of anilines is 1. The first-order chi connectivity index (χ1) is 15.9. The summed E-state index contributed by atoms with van der Waals surface area (Å²) in [6.07, 6.45) is 4.87. The Bertz CT molecular complexity index is 888. The second-order valence-corrected chi connectivity index (χ2v) is 10.0. The molecule has 4 atom stereocenters. The number of imide groups is 1. The summed E-state index contributed by atoms with van der Waals surface area (Å²) < 4.78 is 0. The Labute approximate surface area is 197 Å². The van der Waals surface area contributed by atoms with E-state index >= 15 is 0 Å². The summed E-state index contributed by atoms with van der Waals surface area (Å²) in [5.74, 6) is -0.184. The van der Waals surface area contributed by atoms with Crippen molar-refractivity contribution in [3.8, 4) is 0 Å². The van der Waals surface area contributed by atoms with Gasteiger partial charge in [-0.2, -0.15) is 0 Å². The van der Waals surface area contributed by atoms with Gasteiger partial charge in [0, 0.05) is 49.9 Å². The molecule has 0 radical (unpaired) electrons. The average molecular weight is 455 g/mol. The van der Waals surface area contributed by atoms with Gasteiger partial charge in [0.05, 0.1) is 5.92 Å². The van der Waals surface area contributed by atoms with Crippen LogP contribution in [0.25, 0.3) is 0 Å². The van der Waals surface area contributed by atoms with Gasteiger partial charge < -0.3 is 15.1 Å². The minimum absolute atomic E-state index is 0.0499. The van der Waals surface area contributed by atoms with E-state index in [9.17, 15) is 14.4 Å². The third-order valence-corrected chi connectivity index (χ3v) is 7.59. The van der Waals surface area contributed by atoms with Crippen molar-refractivity contribution in [1.29, 1.82) is 0 Å². The molecule has 4 amide bonds. The van der Waals surface area contributed by atoms with Gasteiger partial charge in [-0.15, -0.1) is 0 Å². The number of hydrogen-bond donors (Lipinski definition) is 1. The van der Waals surface area contributed by atoms with Gasteiger partial charge in [-0.05, 0) is 57.2 Å². The molecule has 3 aliphatic rings. The number of carbonyl (C=O) groups is 3.